The molecule has 0 spiro atoms. The molecule has 0 amide bonds. The van der Waals surface area contributed by atoms with Gasteiger partial charge in [0.15, 0.2) is 0 Å². The Kier molecular flexibility index (Phi) is 5.69. The average Bonchev–Trinajstić information content (AvgIpc) is 3.36. The minimum absolute atomic E-state index is 0.158. The number of aromatic nitrogens is 2. The highest BCUT2D eigenvalue weighted by atomic mass is 35.5. The molecule has 1 aliphatic heterocycles. The molecular weight excluding hydrogens is 414 g/mol. The highest BCUT2D eigenvalue weighted by Gasteiger charge is 2.46. The number of nitrogens with zero attached hydrogens (tertiary/aromatic N) is 4. The standard InChI is InChI=1S/C23H28ClN5O2/c24-22-12-23(26-14-25-22)27-20-4-2-1-3-16(20)11-17-9-15-10-21(17)28(13-15)18-5-7-19(8-6-18)29(30)31/h5-8,12,14-17,20-21H,1-4,9-11,13H2,(H,25,26,27)/t15-,16+,17-,20-,21-/m1/s1. The summed E-state index contributed by atoms with van der Waals surface area (Å²) in [4.78, 5) is 21.5. The molecule has 0 radical (unpaired) electrons. The molecule has 3 fully saturated rings. The fraction of sp³-hybridized carbons (Fsp3) is 0.565. The minimum Gasteiger partial charge on any atom is -0.368 e. The maximum Gasteiger partial charge on any atom is 0.269 e. The second kappa shape index (κ2) is 8.61. The van der Waals surface area contributed by atoms with E-state index < -0.39 is 0 Å². The number of piperidine rings is 1. The normalized spacial score (nSPS) is 29.8. The predicted molar refractivity (Wildman–Crippen MR) is 121 cm³/mol. The monoisotopic (exact) mass is 441 g/mol. The molecule has 5 rings (SSSR count). The van der Waals surface area contributed by atoms with Crippen molar-refractivity contribution in [3.63, 3.8) is 0 Å². The zero-order chi connectivity index (χ0) is 21.4. The van der Waals surface area contributed by atoms with E-state index in [1.165, 1.54) is 51.3 Å². The minimum atomic E-state index is -0.330. The van der Waals surface area contributed by atoms with Gasteiger partial charge in [-0.25, -0.2) is 9.97 Å². The molecule has 1 saturated heterocycles. The molecule has 3 aliphatic rings. The van der Waals surface area contributed by atoms with Gasteiger partial charge in [-0.2, -0.15) is 0 Å². The summed E-state index contributed by atoms with van der Waals surface area (Å²) in [5.41, 5.74) is 1.28. The molecule has 31 heavy (non-hydrogen) atoms. The van der Waals surface area contributed by atoms with Gasteiger partial charge in [-0.05, 0) is 62.0 Å². The fourth-order valence-corrected chi connectivity index (χ4v) is 6.29. The lowest BCUT2D eigenvalue weighted by Crippen LogP contribution is -2.41. The van der Waals surface area contributed by atoms with E-state index >= 15 is 0 Å². The van der Waals surface area contributed by atoms with E-state index in [1.807, 2.05) is 12.1 Å². The van der Waals surface area contributed by atoms with Crippen LogP contribution in [0.3, 0.4) is 0 Å². The summed E-state index contributed by atoms with van der Waals surface area (Å²) in [5, 5.41) is 15.1. The molecule has 2 saturated carbocycles. The van der Waals surface area contributed by atoms with Gasteiger partial charge in [0.2, 0.25) is 0 Å². The smallest absolute Gasteiger partial charge is 0.269 e. The number of rotatable bonds is 6. The lowest BCUT2D eigenvalue weighted by molar-refractivity contribution is -0.384. The number of nitro benzene ring substituents is 1. The summed E-state index contributed by atoms with van der Waals surface area (Å²) >= 11 is 6.05. The van der Waals surface area contributed by atoms with Gasteiger partial charge in [-0.15, -0.1) is 0 Å². The largest absolute Gasteiger partial charge is 0.368 e. The number of nitrogens with one attached hydrogen (secondary N) is 1. The van der Waals surface area contributed by atoms with Gasteiger partial charge in [0, 0.05) is 42.5 Å². The van der Waals surface area contributed by atoms with Crippen LogP contribution >= 0.6 is 11.6 Å². The molecule has 7 nitrogen and oxygen atoms in total. The molecule has 8 heteroatoms. The van der Waals surface area contributed by atoms with E-state index in [0.717, 1.165) is 24.0 Å². The van der Waals surface area contributed by atoms with E-state index in [4.69, 9.17) is 11.6 Å². The zero-order valence-electron chi connectivity index (χ0n) is 17.5. The van der Waals surface area contributed by atoms with Crippen LogP contribution in [0.4, 0.5) is 17.2 Å². The first kappa shape index (κ1) is 20.5. The summed E-state index contributed by atoms with van der Waals surface area (Å²) in [6, 6.07) is 9.86. The van der Waals surface area contributed by atoms with Crippen LogP contribution in [-0.2, 0) is 0 Å². The Bertz CT molecular complexity index is 940. The SMILES string of the molecule is O=[N+]([O-])c1ccc(N2C[C@@H]3C[C@H](C[C@@H]4CCCC[C@H]4Nc4cc(Cl)ncn4)[C@H]2C3)cc1. The Morgan fingerprint density at radius 3 is 2.68 bits per heavy atom. The van der Waals surface area contributed by atoms with Crippen molar-refractivity contribution in [2.24, 2.45) is 17.8 Å². The van der Waals surface area contributed by atoms with Gasteiger partial charge in [-0.1, -0.05) is 24.4 Å². The topological polar surface area (TPSA) is 84.2 Å². The van der Waals surface area contributed by atoms with E-state index in [-0.39, 0.29) is 10.6 Å². The third-order valence-electron chi connectivity index (χ3n) is 7.48. The van der Waals surface area contributed by atoms with Crippen molar-refractivity contribution in [1.82, 2.24) is 9.97 Å². The van der Waals surface area contributed by atoms with E-state index in [0.29, 0.717) is 29.1 Å². The third-order valence-corrected chi connectivity index (χ3v) is 7.69. The first-order valence-corrected chi connectivity index (χ1v) is 11.7. The van der Waals surface area contributed by atoms with Gasteiger partial charge in [-0.3, -0.25) is 10.1 Å². The molecular formula is C23H28ClN5O2. The van der Waals surface area contributed by atoms with E-state index in [1.54, 1.807) is 18.2 Å². The lowest BCUT2D eigenvalue weighted by atomic mass is 9.77. The number of hydrogen-bond acceptors (Lipinski definition) is 6. The maximum absolute atomic E-state index is 11.0. The van der Waals surface area contributed by atoms with Crippen LogP contribution in [-0.4, -0.2) is 33.5 Å². The Balaban J connectivity index is 1.27. The number of benzene rings is 1. The number of fused-ring (bicyclic) bond motifs is 2. The Hall–Kier alpha value is -2.41. The molecule has 2 aromatic rings. The van der Waals surface area contributed by atoms with Crippen LogP contribution < -0.4 is 10.2 Å². The van der Waals surface area contributed by atoms with Crippen LogP contribution in [0.5, 0.6) is 0 Å². The summed E-state index contributed by atoms with van der Waals surface area (Å²) < 4.78 is 0. The van der Waals surface area contributed by atoms with Crippen molar-refractivity contribution >= 4 is 28.8 Å². The van der Waals surface area contributed by atoms with E-state index in [9.17, 15) is 10.1 Å². The number of non-ortho nitro benzene ring substituents is 1. The fourth-order valence-electron chi connectivity index (χ4n) is 6.15. The van der Waals surface area contributed by atoms with Crippen molar-refractivity contribution < 1.29 is 4.92 Å². The molecule has 1 N–H and O–H groups in total. The van der Waals surface area contributed by atoms with Crippen LogP contribution in [0.2, 0.25) is 5.15 Å². The van der Waals surface area contributed by atoms with Gasteiger partial charge in [0.25, 0.3) is 5.69 Å². The highest BCUT2D eigenvalue weighted by molar-refractivity contribution is 6.29. The van der Waals surface area contributed by atoms with Gasteiger partial charge >= 0.3 is 0 Å². The summed E-state index contributed by atoms with van der Waals surface area (Å²) in [7, 11) is 0. The second-order valence-electron chi connectivity index (χ2n) is 9.35. The number of halogens is 1. The number of anilines is 2. The Morgan fingerprint density at radius 1 is 1.13 bits per heavy atom. The van der Waals surface area contributed by atoms with Crippen LogP contribution in [0, 0.1) is 27.9 Å². The number of hydrogen-bond donors (Lipinski definition) is 1. The molecule has 0 unspecified atom stereocenters. The number of nitro groups is 1. The zero-order valence-corrected chi connectivity index (χ0v) is 18.2. The van der Waals surface area contributed by atoms with Crippen LogP contribution in [0.25, 0.3) is 0 Å². The van der Waals surface area contributed by atoms with Gasteiger partial charge in [0.05, 0.1) is 4.92 Å². The molecule has 2 aliphatic carbocycles. The molecule has 1 aromatic carbocycles. The van der Waals surface area contributed by atoms with Crippen molar-refractivity contribution in [2.75, 3.05) is 16.8 Å². The quantitative estimate of drug-likeness (QED) is 0.371. The van der Waals surface area contributed by atoms with Gasteiger partial charge < -0.3 is 10.2 Å². The molecule has 1 aromatic heterocycles. The van der Waals surface area contributed by atoms with Crippen molar-refractivity contribution in [1.29, 1.82) is 0 Å². The van der Waals surface area contributed by atoms with Crippen LogP contribution in [0.15, 0.2) is 36.7 Å². The average molecular weight is 442 g/mol. The third kappa shape index (κ3) is 4.33. The van der Waals surface area contributed by atoms with Gasteiger partial charge in [0.1, 0.15) is 17.3 Å². The molecule has 2 bridgehead atoms. The molecule has 164 valence electrons. The summed E-state index contributed by atoms with van der Waals surface area (Å²) in [5.74, 6) is 2.86. The Morgan fingerprint density at radius 2 is 1.94 bits per heavy atom. The lowest BCUT2D eigenvalue weighted by Gasteiger charge is -2.39. The summed E-state index contributed by atoms with van der Waals surface area (Å²) in [6.45, 7) is 1.07. The van der Waals surface area contributed by atoms with Crippen molar-refractivity contribution in [2.45, 2.75) is 57.0 Å². The van der Waals surface area contributed by atoms with Crippen molar-refractivity contribution in [3.05, 3.63) is 51.9 Å². The second-order valence-corrected chi connectivity index (χ2v) is 9.74. The first-order chi connectivity index (χ1) is 15.1. The highest BCUT2D eigenvalue weighted by Crippen LogP contribution is 2.48. The maximum atomic E-state index is 11.0. The van der Waals surface area contributed by atoms with Crippen molar-refractivity contribution in [3.8, 4) is 0 Å². The molecule has 2 heterocycles. The summed E-state index contributed by atoms with van der Waals surface area (Å²) in [6.07, 6.45) is 10.2. The first-order valence-electron chi connectivity index (χ1n) is 11.3. The predicted octanol–water partition coefficient (Wildman–Crippen LogP) is 5.31. The molecule has 5 atom stereocenters. The van der Waals surface area contributed by atoms with Crippen LogP contribution in [0.1, 0.15) is 44.9 Å². The Labute approximate surface area is 187 Å². The van der Waals surface area contributed by atoms with E-state index in [2.05, 4.69) is 20.2 Å².